The van der Waals surface area contributed by atoms with Gasteiger partial charge >= 0.3 is 0 Å². The van der Waals surface area contributed by atoms with Gasteiger partial charge in [-0.2, -0.15) is 5.26 Å². The number of phenols is 2. The number of aliphatic hydroxyl groups excluding tert-OH is 4. The number of rotatable bonds is 10. The van der Waals surface area contributed by atoms with Gasteiger partial charge in [0.2, 0.25) is 0 Å². The van der Waals surface area contributed by atoms with Gasteiger partial charge < -0.3 is 49.6 Å². The molecule has 0 heterocycles. The number of hydrogen-bond donors (Lipinski definition) is 6. The highest BCUT2D eigenvalue weighted by atomic mass is 16.5. The molecule has 0 bridgehead atoms. The summed E-state index contributed by atoms with van der Waals surface area (Å²) in [5.41, 5.74) is 5.56. The lowest BCUT2D eigenvalue weighted by Crippen LogP contribution is -2.13. The number of phenolic OH excluding ortho intramolecular Hbond substituents is 2. The van der Waals surface area contributed by atoms with Gasteiger partial charge in [-0.25, -0.2) is 0 Å². The van der Waals surface area contributed by atoms with Crippen LogP contribution in [0.2, 0.25) is 0 Å². The van der Waals surface area contributed by atoms with Crippen molar-refractivity contribution in [2.24, 2.45) is 0 Å². The number of hydrogen-bond acceptors (Lipinski definition) is 11. The molecule has 0 aliphatic rings. The molecule has 4 rings (SSSR count). The van der Waals surface area contributed by atoms with Gasteiger partial charge in [-0.1, -0.05) is 60.7 Å². The number of aliphatic hydroxyl groups is 4. The van der Waals surface area contributed by atoms with Crippen LogP contribution in [0.3, 0.4) is 0 Å². The first kappa shape index (κ1) is 49.5. The van der Waals surface area contributed by atoms with Crippen molar-refractivity contribution in [2.75, 3.05) is 28.4 Å². The van der Waals surface area contributed by atoms with Crippen molar-refractivity contribution < 1.29 is 49.6 Å². The van der Waals surface area contributed by atoms with E-state index in [2.05, 4.69) is 18.2 Å². The second-order valence-corrected chi connectivity index (χ2v) is 11.9. The molecule has 0 aliphatic heterocycles. The first-order valence-electron chi connectivity index (χ1n) is 17.4. The first-order chi connectivity index (χ1) is 26.1. The zero-order valence-corrected chi connectivity index (χ0v) is 33.8. The van der Waals surface area contributed by atoms with Gasteiger partial charge in [-0.3, -0.25) is 0 Å². The van der Waals surface area contributed by atoms with Crippen LogP contribution in [-0.4, -0.2) is 71.3 Å². The molecule has 0 spiro atoms. The maximum atomic E-state index is 9.60. The van der Waals surface area contributed by atoms with Crippen LogP contribution in [0.25, 0.3) is 12.2 Å². The van der Waals surface area contributed by atoms with Crippen molar-refractivity contribution in [1.82, 2.24) is 0 Å². The summed E-state index contributed by atoms with van der Waals surface area (Å²) < 4.78 is 20.1. The van der Waals surface area contributed by atoms with Gasteiger partial charge in [-0.05, 0) is 111 Å². The fourth-order valence-corrected chi connectivity index (χ4v) is 4.58. The van der Waals surface area contributed by atoms with Gasteiger partial charge in [0.05, 0.1) is 46.7 Å². The Balaban J connectivity index is 0.000000691. The topological polar surface area (TPSA) is 182 Å². The molecule has 6 N–H and O–H groups in total. The second-order valence-electron chi connectivity index (χ2n) is 11.9. The Labute approximate surface area is 326 Å². The summed E-state index contributed by atoms with van der Waals surface area (Å²) in [5, 5.41) is 63.4. The summed E-state index contributed by atoms with van der Waals surface area (Å²) in [4.78, 5) is 0. The van der Waals surface area contributed by atoms with Crippen molar-refractivity contribution in [1.29, 1.82) is 5.26 Å². The SMILES string of the molecule is C/C=C/c1ccc(C)c(OC)c1.C/C=C/c1ccc(O)c(OC)c1.CC#N.COc1cc(C(O)C(C)O)ccc1C.COc1cc(C(O)C(C)O)ccc1O. The molecule has 4 aromatic carbocycles. The molecule has 0 fully saturated rings. The normalized spacial score (nSPS) is 12.3. The van der Waals surface area contributed by atoms with E-state index in [1.54, 1.807) is 51.5 Å². The molecule has 0 saturated heterocycles. The molecular formula is C44H59NO10. The molecule has 4 atom stereocenters. The van der Waals surface area contributed by atoms with Crippen molar-refractivity contribution in [3.05, 3.63) is 118 Å². The Morgan fingerprint density at radius 1 is 0.545 bits per heavy atom. The first-order valence-corrected chi connectivity index (χ1v) is 17.4. The number of nitrogens with zero attached hydrogens (tertiary/aromatic N) is 1. The molecule has 11 heteroatoms. The lowest BCUT2D eigenvalue weighted by molar-refractivity contribution is 0.0304. The number of aryl methyl sites for hydroxylation is 2. The molecule has 0 aliphatic carbocycles. The van der Waals surface area contributed by atoms with Gasteiger partial charge in [0, 0.05) is 6.92 Å². The standard InChI is InChI=1S/C11H16O3.C11H14O.C10H14O4.C10H12O2.C2H3N/c1-7-4-5-9(6-10(7)14-3)11(13)8(2)12;1-4-5-10-7-6-9(2)11(8-10)12-3;1-6(11)10(13)7-3-4-8(12)9(5-7)14-2;1-3-4-8-5-6-9(11)10(7-8)12-2;1-2-3/h4-6,8,11-13H,1-3H3;4-8H,1-3H3;3-6,10-13H,1-2H3;3-7,11H,1-2H3;1H3/b;5-4+;;4-3+;. The number of nitriles is 1. The van der Waals surface area contributed by atoms with E-state index in [1.165, 1.54) is 57.4 Å². The van der Waals surface area contributed by atoms with E-state index in [0.717, 1.165) is 22.6 Å². The lowest BCUT2D eigenvalue weighted by atomic mass is 10.0. The van der Waals surface area contributed by atoms with Crippen LogP contribution >= 0.6 is 0 Å². The Morgan fingerprint density at radius 3 is 1.25 bits per heavy atom. The van der Waals surface area contributed by atoms with Crippen LogP contribution < -0.4 is 18.9 Å². The van der Waals surface area contributed by atoms with Crippen LogP contribution in [0, 0.1) is 25.2 Å². The summed E-state index contributed by atoms with van der Waals surface area (Å²) >= 11 is 0. The van der Waals surface area contributed by atoms with Gasteiger partial charge in [0.1, 0.15) is 23.7 Å². The second kappa shape index (κ2) is 27.1. The van der Waals surface area contributed by atoms with E-state index in [4.69, 9.17) is 29.3 Å². The highest BCUT2D eigenvalue weighted by molar-refractivity contribution is 5.55. The minimum absolute atomic E-state index is 0.00837. The third-order valence-corrected chi connectivity index (χ3v) is 7.59. The zero-order valence-electron chi connectivity index (χ0n) is 33.8. The fourth-order valence-electron chi connectivity index (χ4n) is 4.58. The molecule has 11 nitrogen and oxygen atoms in total. The maximum Gasteiger partial charge on any atom is 0.161 e. The molecule has 4 unspecified atom stereocenters. The minimum atomic E-state index is -0.968. The van der Waals surface area contributed by atoms with E-state index < -0.39 is 24.4 Å². The average molecular weight is 762 g/mol. The summed E-state index contributed by atoms with van der Waals surface area (Å²) in [5.74, 6) is 2.64. The molecule has 0 radical (unpaired) electrons. The lowest BCUT2D eigenvalue weighted by Gasteiger charge is -2.15. The Hall–Kier alpha value is -5.51. The average Bonchev–Trinajstić information content (AvgIpc) is 3.17. The fraction of sp³-hybridized carbons (Fsp3) is 0.341. The van der Waals surface area contributed by atoms with E-state index in [0.29, 0.717) is 16.9 Å². The number of methoxy groups -OCH3 is 4. The van der Waals surface area contributed by atoms with Crippen molar-refractivity contribution in [3.8, 4) is 40.6 Å². The summed E-state index contributed by atoms with van der Waals surface area (Å²) in [7, 11) is 6.24. The smallest absolute Gasteiger partial charge is 0.161 e. The molecule has 0 amide bonds. The highest BCUT2D eigenvalue weighted by Crippen LogP contribution is 2.30. The van der Waals surface area contributed by atoms with Gasteiger partial charge in [-0.15, -0.1) is 0 Å². The summed E-state index contributed by atoms with van der Waals surface area (Å²) in [6.45, 7) is 12.4. The number of ether oxygens (including phenoxy) is 4. The zero-order chi connectivity index (χ0) is 42.1. The summed E-state index contributed by atoms with van der Waals surface area (Å²) in [6.07, 6.45) is 4.50. The van der Waals surface area contributed by atoms with E-state index in [1.807, 2.05) is 64.1 Å². The van der Waals surface area contributed by atoms with Crippen LogP contribution in [0.4, 0.5) is 0 Å². The third-order valence-electron chi connectivity index (χ3n) is 7.59. The van der Waals surface area contributed by atoms with E-state index >= 15 is 0 Å². The van der Waals surface area contributed by atoms with Crippen LogP contribution in [-0.2, 0) is 0 Å². The van der Waals surface area contributed by atoms with Crippen molar-refractivity contribution in [3.63, 3.8) is 0 Å². The van der Waals surface area contributed by atoms with Crippen LogP contribution in [0.5, 0.6) is 34.5 Å². The predicted octanol–water partition coefficient (Wildman–Crippen LogP) is 8.23. The largest absolute Gasteiger partial charge is 0.504 e. The number of benzene rings is 4. The number of allylic oxidation sites excluding steroid dienone is 2. The van der Waals surface area contributed by atoms with Gasteiger partial charge in [0.15, 0.2) is 23.0 Å². The van der Waals surface area contributed by atoms with Crippen LogP contribution in [0.1, 0.15) is 80.2 Å². The van der Waals surface area contributed by atoms with E-state index in [-0.39, 0.29) is 17.2 Å². The quantitative estimate of drug-likeness (QED) is 0.0916. The third kappa shape index (κ3) is 17.9. The molecule has 0 saturated carbocycles. The summed E-state index contributed by atoms with van der Waals surface area (Å²) in [6, 6.07) is 23.0. The molecule has 0 aromatic heterocycles. The monoisotopic (exact) mass is 761 g/mol. The molecular weight excluding hydrogens is 702 g/mol. The van der Waals surface area contributed by atoms with Gasteiger partial charge in [0.25, 0.3) is 0 Å². The predicted molar refractivity (Wildman–Crippen MR) is 219 cm³/mol. The minimum Gasteiger partial charge on any atom is -0.504 e. The van der Waals surface area contributed by atoms with Crippen LogP contribution in [0.15, 0.2) is 84.9 Å². The Morgan fingerprint density at radius 2 is 0.855 bits per heavy atom. The van der Waals surface area contributed by atoms with Crippen molar-refractivity contribution in [2.45, 2.75) is 72.9 Å². The number of aromatic hydroxyl groups is 2. The molecule has 4 aromatic rings. The molecule has 55 heavy (non-hydrogen) atoms. The maximum absolute atomic E-state index is 9.60. The Bertz CT molecular complexity index is 1670. The van der Waals surface area contributed by atoms with Crippen molar-refractivity contribution >= 4 is 12.2 Å². The van der Waals surface area contributed by atoms with E-state index in [9.17, 15) is 25.5 Å². The Kier molecular flexibility index (Phi) is 24.4. The molecule has 300 valence electrons. The highest BCUT2D eigenvalue weighted by Gasteiger charge is 2.16.